The van der Waals surface area contributed by atoms with Gasteiger partial charge in [0.05, 0.1) is 23.8 Å². The summed E-state index contributed by atoms with van der Waals surface area (Å²) in [5.74, 6) is -2.83. The van der Waals surface area contributed by atoms with Crippen LogP contribution in [0, 0.1) is 11.7 Å². The molecule has 5 rings (SSSR count). The molecule has 4 aromatic rings. The van der Waals surface area contributed by atoms with E-state index in [1.807, 2.05) is 0 Å². The van der Waals surface area contributed by atoms with Crippen LogP contribution in [0.15, 0.2) is 60.2 Å². The highest BCUT2D eigenvalue weighted by molar-refractivity contribution is 7.13. The zero-order valence-electron chi connectivity index (χ0n) is 25.7. The van der Waals surface area contributed by atoms with Gasteiger partial charge in [0.1, 0.15) is 27.6 Å². The fourth-order valence-electron chi connectivity index (χ4n) is 5.10. The summed E-state index contributed by atoms with van der Waals surface area (Å²) < 4.78 is 70.3. The number of aromatic nitrogens is 3. The highest BCUT2D eigenvalue weighted by Crippen LogP contribution is 2.48. The molecule has 1 saturated heterocycles. The molecule has 2 aromatic heterocycles. The van der Waals surface area contributed by atoms with Crippen molar-refractivity contribution in [2.45, 2.75) is 45.4 Å². The fraction of sp³-hybridized carbons (Fsp3) is 0.344. The van der Waals surface area contributed by atoms with E-state index >= 15 is 0 Å². The minimum absolute atomic E-state index is 0.00825. The van der Waals surface area contributed by atoms with E-state index in [4.69, 9.17) is 9.47 Å². The molecule has 1 aliphatic heterocycles. The van der Waals surface area contributed by atoms with Gasteiger partial charge in [-0.1, -0.05) is 12.1 Å². The van der Waals surface area contributed by atoms with Crippen molar-refractivity contribution in [1.82, 2.24) is 20.5 Å². The Bertz CT molecular complexity index is 1730. The molecule has 0 radical (unpaired) electrons. The molecule has 0 aliphatic carbocycles. The normalized spacial score (nSPS) is 15.2. The van der Waals surface area contributed by atoms with Crippen molar-refractivity contribution in [3.8, 4) is 22.1 Å². The zero-order chi connectivity index (χ0) is 33.8. The Morgan fingerprint density at radius 2 is 1.85 bits per heavy atom. The molecule has 1 fully saturated rings. The number of halogens is 4. The molecular formula is C32H32F4N6O4S. The molecule has 0 spiro atoms. The summed E-state index contributed by atoms with van der Waals surface area (Å²) in [4.78, 5) is 31.5. The number of rotatable bonds is 8. The number of hydrogen-bond acceptors (Lipinski definition) is 9. The maximum absolute atomic E-state index is 15.0. The maximum atomic E-state index is 15.0. The van der Waals surface area contributed by atoms with Gasteiger partial charge < -0.3 is 25.0 Å². The van der Waals surface area contributed by atoms with Crippen LogP contribution in [0.3, 0.4) is 0 Å². The van der Waals surface area contributed by atoms with Crippen LogP contribution in [-0.4, -0.2) is 52.4 Å². The lowest BCUT2D eigenvalue weighted by Gasteiger charge is -2.37. The molecule has 10 nitrogen and oxygen atoms in total. The molecule has 2 amide bonds. The van der Waals surface area contributed by atoms with Crippen molar-refractivity contribution < 1.29 is 36.6 Å². The molecule has 0 saturated carbocycles. The number of benzene rings is 2. The standard InChI is InChI=1S/C32H32F4N6O4S/c1-31(2,3)46-30(44)37-15-19-7-6-14-42(17-19)27-22(40-28(43)23-18-47-29(41-23)20-12-13-38-39-16-20)10-11-25(26(27)32(34,35)36)45-24-9-5-4-8-21(24)33/h4-5,8-13,16,18-19H,6-7,14-15,17H2,1-3H3,(H,37,44)(H,40,43)/t19-/m0/s1. The summed E-state index contributed by atoms with van der Waals surface area (Å²) in [6.45, 7) is 5.66. The highest BCUT2D eigenvalue weighted by Gasteiger charge is 2.41. The number of carbonyl (C=O) groups excluding carboxylic acids is 2. The lowest BCUT2D eigenvalue weighted by Crippen LogP contribution is -2.43. The summed E-state index contributed by atoms with van der Waals surface area (Å²) >= 11 is 1.17. The van der Waals surface area contributed by atoms with E-state index in [0.29, 0.717) is 23.4 Å². The van der Waals surface area contributed by atoms with E-state index in [-0.39, 0.29) is 48.4 Å². The number of nitrogens with one attached hydrogen (secondary N) is 2. The number of alkyl carbamates (subject to hydrolysis) is 1. The monoisotopic (exact) mass is 672 g/mol. The Morgan fingerprint density at radius 3 is 2.55 bits per heavy atom. The molecule has 0 bridgehead atoms. The average molecular weight is 673 g/mol. The maximum Gasteiger partial charge on any atom is 0.422 e. The van der Waals surface area contributed by atoms with Gasteiger partial charge in [0.15, 0.2) is 11.6 Å². The number of thiazole rings is 1. The third-order valence-corrected chi connectivity index (χ3v) is 7.96. The summed E-state index contributed by atoms with van der Waals surface area (Å²) in [5.41, 5.74) is -1.76. The van der Waals surface area contributed by atoms with Gasteiger partial charge in [0, 0.05) is 30.6 Å². The summed E-state index contributed by atoms with van der Waals surface area (Å²) in [6, 6.07) is 9.15. The van der Waals surface area contributed by atoms with Gasteiger partial charge in [-0.05, 0) is 69.9 Å². The Morgan fingerprint density at radius 1 is 1.06 bits per heavy atom. The van der Waals surface area contributed by atoms with Gasteiger partial charge in [-0.3, -0.25) is 4.79 Å². The van der Waals surface area contributed by atoms with Crippen LogP contribution in [0.2, 0.25) is 0 Å². The smallest absolute Gasteiger partial charge is 0.422 e. The Balaban J connectivity index is 1.50. The third-order valence-electron chi connectivity index (χ3n) is 7.07. The number of carbonyl (C=O) groups is 2. The van der Waals surface area contributed by atoms with Crippen LogP contribution in [-0.2, 0) is 10.9 Å². The Kier molecular flexibility index (Phi) is 9.94. The van der Waals surface area contributed by atoms with Crippen molar-refractivity contribution in [3.63, 3.8) is 0 Å². The molecule has 248 valence electrons. The van der Waals surface area contributed by atoms with Crippen LogP contribution >= 0.6 is 11.3 Å². The molecule has 3 heterocycles. The second-order valence-corrected chi connectivity index (χ2v) is 12.7. The lowest BCUT2D eigenvalue weighted by atomic mass is 9.96. The topological polar surface area (TPSA) is 119 Å². The SMILES string of the molecule is CC(C)(C)OC(=O)NC[C@@H]1CCCN(c2c(NC(=O)c3csc(-c4ccnnc4)n3)ccc(Oc3ccccc3F)c2C(F)(F)F)C1. The van der Waals surface area contributed by atoms with Gasteiger partial charge in [0.2, 0.25) is 0 Å². The van der Waals surface area contributed by atoms with Crippen LogP contribution in [0.1, 0.15) is 49.7 Å². The van der Waals surface area contributed by atoms with Crippen LogP contribution < -0.4 is 20.3 Å². The second-order valence-electron chi connectivity index (χ2n) is 11.8. The van der Waals surface area contributed by atoms with Crippen molar-refractivity contribution in [1.29, 1.82) is 0 Å². The number of amides is 2. The highest BCUT2D eigenvalue weighted by atomic mass is 32.1. The first-order valence-electron chi connectivity index (χ1n) is 14.7. The van der Waals surface area contributed by atoms with E-state index in [1.165, 1.54) is 58.3 Å². The molecule has 47 heavy (non-hydrogen) atoms. The molecule has 1 atom stereocenters. The van der Waals surface area contributed by atoms with Gasteiger partial charge in [0.25, 0.3) is 5.91 Å². The minimum Gasteiger partial charge on any atom is -0.454 e. The third kappa shape index (κ3) is 8.52. The summed E-state index contributed by atoms with van der Waals surface area (Å²) in [7, 11) is 0. The van der Waals surface area contributed by atoms with E-state index in [0.717, 1.165) is 12.1 Å². The zero-order valence-corrected chi connectivity index (χ0v) is 26.5. The predicted molar refractivity (Wildman–Crippen MR) is 168 cm³/mol. The van der Waals surface area contributed by atoms with Crippen LogP contribution in [0.5, 0.6) is 11.5 Å². The molecule has 2 N–H and O–H groups in total. The molecule has 2 aromatic carbocycles. The minimum atomic E-state index is -4.97. The average Bonchev–Trinajstić information content (AvgIpc) is 3.52. The Hall–Kier alpha value is -4.79. The molecule has 15 heteroatoms. The van der Waals surface area contributed by atoms with E-state index in [9.17, 15) is 27.2 Å². The van der Waals surface area contributed by atoms with E-state index in [1.54, 1.807) is 26.8 Å². The number of para-hydroxylation sites is 1. The summed E-state index contributed by atoms with van der Waals surface area (Å²) in [6.07, 6.45) is -1.52. The van der Waals surface area contributed by atoms with Gasteiger partial charge in [-0.15, -0.1) is 11.3 Å². The second kappa shape index (κ2) is 13.9. The number of nitrogens with zero attached hydrogens (tertiary/aromatic N) is 4. The number of anilines is 2. The van der Waals surface area contributed by atoms with Gasteiger partial charge >= 0.3 is 12.3 Å². The van der Waals surface area contributed by atoms with Crippen LogP contribution in [0.4, 0.5) is 33.7 Å². The summed E-state index contributed by atoms with van der Waals surface area (Å²) in [5, 5.41) is 14.8. The first-order valence-corrected chi connectivity index (χ1v) is 15.6. The largest absolute Gasteiger partial charge is 0.454 e. The number of hydrogen-bond donors (Lipinski definition) is 2. The number of ether oxygens (including phenoxy) is 2. The van der Waals surface area contributed by atoms with Crippen molar-refractivity contribution in [2.75, 3.05) is 29.9 Å². The van der Waals surface area contributed by atoms with Gasteiger partial charge in [-0.25, -0.2) is 14.2 Å². The predicted octanol–water partition coefficient (Wildman–Crippen LogP) is 7.54. The lowest BCUT2D eigenvalue weighted by molar-refractivity contribution is -0.138. The first-order chi connectivity index (χ1) is 22.3. The fourth-order valence-corrected chi connectivity index (χ4v) is 5.89. The molecular weight excluding hydrogens is 640 g/mol. The number of alkyl halides is 3. The molecule has 0 unspecified atom stereocenters. The van der Waals surface area contributed by atoms with Crippen molar-refractivity contribution >= 4 is 34.7 Å². The van der Waals surface area contributed by atoms with Gasteiger partial charge in [-0.2, -0.15) is 23.4 Å². The van der Waals surface area contributed by atoms with Crippen molar-refractivity contribution in [2.24, 2.45) is 5.92 Å². The Labute approximate surface area is 272 Å². The number of piperidine rings is 1. The first kappa shape index (κ1) is 33.6. The van der Waals surface area contributed by atoms with E-state index < -0.39 is 40.9 Å². The van der Waals surface area contributed by atoms with E-state index in [2.05, 4.69) is 25.8 Å². The molecule has 1 aliphatic rings. The quantitative estimate of drug-likeness (QED) is 0.184. The van der Waals surface area contributed by atoms with Crippen LogP contribution in [0.25, 0.3) is 10.6 Å². The van der Waals surface area contributed by atoms with Crippen molar-refractivity contribution in [3.05, 3.63) is 77.3 Å².